The Bertz CT molecular complexity index is 604. The van der Waals surface area contributed by atoms with E-state index in [4.69, 9.17) is 11.6 Å². The summed E-state index contributed by atoms with van der Waals surface area (Å²) >= 11 is 9.21. The van der Waals surface area contributed by atoms with Crippen molar-refractivity contribution in [3.05, 3.63) is 63.3 Å². The number of hydrogen-bond donors (Lipinski definition) is 0. The summed E-state index contributed by atoms with van der Waals surface area (Å²) in [5, 5.41) is 0.668. The number of pyridine rings is 1. The molecular formula is C14H12BrClN2O. The Kier molecular flexibility index (Phi) is 4.56. The molecule has 3 nitrogen and oxygen atoms in total. The van der Waals surface area contributed by atoms with Gasteiger partial charge in [-0.3, -0.25) is 4.79 Å². The molecule has 0 radical (unpaired) electrons. The van der Waals surface area contributed by atoms with Gasteiger partial charge in [-0.2, -0.15) is 0 Å². The summed E-state index contributed by atoms with van der Waals surface area (Å²) < 4.78 is 0.554. The topological polar surface area (TPSA) is 33.2 Å². The number of amides is 1. The molecule has 0 saturated carbocycles. The average Bonchev–Trinajstić information content (AvgIpc) is 2.38. The smallest absolute Gasteiger partial charge is 0.256 e. The summed E-state index contributed by atoms with van der Waals surface area (Å²) in [6.45, 7) is 0.501. The van der Waals surface area contributed by atoms with Gasteiger partial charge in [0.2, 0.25) is 0 Å². The van der Waals surface area contributed by atoms with Crippen molar-refractivity contribution in [1.82, 2.24) is 9.88 Å². The van der Waals surface area contributed by atoms with E-state index in [1.165, 1.54) is 0 Å². The third-order valence-corrected chi connectivity index (χ3v) is 3.51. The van der Waals surface area contributed by atoms with Crippen LogP contribution in [0.25, 0.3) is 0 Å². The number of rotatable bonds is 3. The van der Waals surface area contributed by atoms with Crippen LogP contribution >= 0.6 is 27.5 Å². The summed E-state index contributed by atoms with van der Waals surface area (Å²) in [4.78, 5) is 18.0. The second-order valence-electron chi connectivity index (χ2n) is 4.13. The average molecular weight is 340 g/mol. The zero-order valence-corrected chi connectivity index (χ0v) is 12.6. The predicted octanol–water partition coefficient (Wildman–Crippen LogP) is 3.77. The molecule has 5 heteroatoms. The van der Waals surface area contributed by atoms with Crippen LogP contribution in [-0.4, -0.2) is 22.8 Å². The molecule has 98 valence electrons. The van der Waals surface area contributed by atoms with Gasteiger partial charge in [-0.25, -0.2) is 4.98 Å². The highest BCUT2D eigenvalue weighted by Crippen LogP contribution is 2.17. The molecule has 1 aromatic carbocycles. The zero-order chi connectivity index (χ0) is 13.8. The van der Waals surface area contributed by atoms with Crippen molar-refractivity contribution in [2.75, 3.05) is 7.05 Å². The van der Waals surface area contributed by atoms with Crippen molar-refractivity contribution in [1.29, 1.82) is 0 Å². The van der Waals surface area contributed by atoms with Gasteiger partial charge in [-0.1, -0.05) is 23.7 Å². The number of aromatic nitrogens is 1. The highest BCUT2D eigenvalue weighted by molar-refractivity contribution is 9.10. The van der Waals surface area contributed by atoms with Crippen LogP contribution in [0.5, 0.6) is 0 Å². The highest BCUT2D eigenvalue weighted by atomic mass is 79.9. The Hall–Kier alpha value is -1.39. The van der Waals surface area contributed by atoms with Crippen molar-refractivity contribution < 1.29 is 4.79 Å². The maximum absolute atomic E-state index is 12.3. The first-order valence-electron chi connectivity index (χ1n) is 5.68. The van der Waals surface area contributed by atoms with E-state index in [1.54, 1.807) is 30.3 Å². The molecule has 0 bridgehead atoms. The molecule has 0 aliphatic carbocycles. The molecule has 2 aromatic rings. The minimum Gasteiger partial charge on any atom is -0.337 e. The summed E-state index contributed by atoms with van der Waals surface area (Å²) in [5.74, 6) is -0.0834. The Balaban J connectivity index is 2.14. The summed E-state index contributed by atoms with van der Waals surface area (Å²) in [6, 6.07) is 11.0. The van der Waals surface area contributed by atoms with Crippen molar-refractivity contribution >= 4 is 33.4 Å². The number of halogens is 2. The third-order valence-electron chi connectivity index (χ3n) is 2.64. The van der Waals surface area contributed by atoms with Crippen LogP contribution < -0.4 is 0 Å². The van der Waals surface area contributed by atoms with E-state index in [2.05, 4.69) is 20.9 Å². The lowest BCUT2D eigenvalue weighted by atomic mass is 10.2. The molecule has 1 amide bonds. The van der Waals surface area contributed by atoms with Crippen LogP contribution in [0.1, 0.15) is 15.9 Å². The van der Waals surface area contributed by atoms with E-state index in [1.807, 2.05) is 24.3 Å². The minimum atomic E-state index is -0.0834. The molecule has 0 N–H and O–H groups in total. The van der Waals surface area contributed by atoms with Crippen molar-refractivity contribution in [2.45, 2.75) is 6.54 Å². The van der Waals surface area contributed by atoms with Crippen LogP contribution in [-0.2, 0) is 6.54 Å². The first kappa shape index (κ1) is 14.0. The zero-order valence-electron chi connectivity index (χ0n) is 10.3. The van der Waals surface area contributed by atoms with E-state index in [-0.39, 0.29) is 5.91 Å². The SMILES string of the molecule is CN(Cc1cccc(Cl)c1)C(=O)c1cccnc1Br. The van der Waals surface area contributed by atoms with Gasteiger partial charge in [0, 0.05) is 24.8 Å². The first-order valence-corrected chi connectivity index (χ1v) is 6.85. The monoisotopic (exact) mass is 338 g/mol. The number of benzene rings is 1. The molecular weight excluding hydrogens is 328 g/mol. The van der Waals surface area contributed by atoms with Gasteiger partial charge >= 0.3 is 0 Å². The summed E-state index contributed by atoms with van der Waals surface area (Å²) in [7, 11) is 1.75. The number of carbonyl (C=O) groups is 1. The molecule has 0 aliphatic rings. The van der Waals surface area contributed by atoms with E-state index < -0.39 is 0 Å². The quantitative estimate of drug-likeness (QED) is 0.798. The molecule has 1 aromatic heterocycles. The van der Waals surface area contributed by atoms with Crippen LogP contribution in [0, 0.1) is 0 Å². The molecule has 19 heavy (non-hydrogen) atoms. The van der Waals surface area contributed by atoms with Gasteiger partial charge in [0.1, 0.15) is 4.60 Å². The van der Waals surface area contributed by atoms with Crippen LogP contribution in [0.15, 0.2) is 47.2 Å². The molecule has 0 unspecified atom stereocenters. The first-order chi connectivity index (χ1) is 9.08. The van der Waals surface area contributed by atoms with E-state index >= 15 is 0 Å². The number of nitrogens with zero attached hydrogens (tertiary/aromatic N) is 2. The van der Waals surface area contributed by atoms with Crippen molar-refractivity contribution in [3.63, 3.8) is 0 Å². The molecule has 0 atom stereocenters. The number of carbonyl (C=O) groups excluding carboxylic acids is 1. The Labute approximate surface area is 125 Å². The summed E-state index contributed by atoms with van der Waals surface area (Å²) in [5.41, 5.74) is 1.54. The summed E-state index contributed by atoms with van der Waals surface area (Å²) in [6.07, 6.45) is 1.64. The van der Waals surface area contributed by atoms with E-state index in [0.717, 1.165) is 5.56 Å². The number of hydrogen-bond acceptors (Lipinski definition) is 2. The molecule has 0 aliphatic heterocycles. The lowest BCUT2D eigenvalue weighted by Crippen LogP contribution is -2.26. The maximum Gasteiger partial charge on any atom is 0.256 e. The lowest BCUT2D eigenvalue weighted by Gasteiger charge is -2.17. The Morgan fingerprint density at radius 1 is 1.37 bits per heavy atom. The minimum absolute atomic E-state index is 0.0834. The highest BCUT2D eigenvalue weighted by Gasteiger charge is 2.15. The van der Waals surface area contributed by atoms with E-state index in [9.17, 15) is 4.79 Å². The predicted molar refractivity (Wildman–Crippen MR) is 79.2 cm³/mol. The molecule has 2 rings (SSSR count). The molecule has 1 heterocycles. The fraction of sp³-hybridized carbons (Fsp3) is 0.143. The van der Waals surface area contributed by atoms with E-state index in [0.29, 0.717) is 21.7 Å². The van der Waals surface area contributed by atoms with Crippen LogP contribution in [0.4, 0.5) is 0 Å². The van der Waals surface area contributed by atoms with Gasteiger partial charge in [0.05, 0.1) is 5.56 Å². The standard InChI is InChI=1S/C14H12BrClN2O/c1-18(9-10-4-2-5-11(16)8-10)14(19)12-6-3-7-17-13(12)15/h2-8H,9H2,1H3. The van der Waals surface area contributed by atoms with Crippen molar-refractivity contribution in [3.8, 4) is 0 Å². The largest absolute Gasteiger partial charge is 0.337 e. The van der Waals surface area contributed by atoms with Crippen molar-refractivity contribution in [2.24, 2.45) is 0 Å². The molecule has 0 fully saturated rings. The van der Waals surface area contributed by atoms with Gasteiger partial charge in [-0.15, -0.1) is 0 Å². The fourth-order valence-corrected chi connectivity index (χ4v) is 2.37. The second-order valence-corrected chi connectivity index (χ2v) is 5.32. The fourth-order valence-electron chi connectivity index (χ4n) is 1.73. The maximum atomic E-state index is 12.3. The van der Waals surface area contributed by atoms with Crippen LogP contribution in [0.2, 0.25) is 5.02 Å². The van der Waals surface area contributed by atoms with Gasteiger partial charge < -0.3 is 4.90 Å². The van der Waals surface area contributed by atoms with Gasteiger partial charge in [0.15, 0.2) is 0 Å². The Morgan fingerprint density at radius 3 is 2.84 bits per heavy atom. The van der Waals surface area contributed by atoms with Gasteiger partial charge in [0.25, 0.3) is 5.91 Å². The third kappa shape index (κ3) is 3.55. The van der Waals surface area contributed by atoms with Gasteiger partial charge in [-0.05, 0) is 45.8 Å². The lowest BCUT2D eigenvalue weighted by molar-refractivity contribution is 0.0783. The molecule has 0 saturated heterocycles. The Morgan fingerprint density at radius 2 is 2.16 bits per heavy atom. The second kappa shape index (κ2) is 6.17. The molecule has 0 spiro atoms. The normalized spacial score (nSPS) is 10.3. The van der Waals surface area contributed by atoms with Crippen LogP contribution in [0.3, 0.4) is 0 Å².